The summed E-state index contributed by atoms with van der Waals surface area (Å²) in [5.41, 5.74) is 0. The van der Waals surface area contributed by atoms with Gasteiger partial charge in [-0.1, -0.05) is 0 Å². The van der Waals surface area contributed by atoms with Gasteiger partial charge in [0.15, 0.2) is 0 Å². The number of nitrogens with one attached hydrogen (secondary N) is 1. The minimum absolute atomic E-state index is 0.832. The number of ether oxygens (including phenoxy) is 1. The smallest absolute Gasteiger partial charge is 0.0509 e. The second-order valence-corrected chi connectivity index (χ2v) is 3.04. The molecule has 2 heterocycles. The zero-order valence-corrected chi connectivity index (χ0v) is 5.60. The lowest BCUT2D eigenvalue weighted by molar-refractivity contribution is 0.0372. The van der Waals surface area contributed by atoms with E-state index in [9.17, 15) is 0 Å². The zero-order chi connectivity index (χ0) is 6.10. The van der Waals surface area contributed by atoms with Crippen molar-refractivity contribution in [1.82, 2.24) is 5.32 Å². The van der Waals surface area contributed by atoms with Crippen molar-refractivity contribution in [1.29, 1.82) is 0 Å². The maximum Gasteiger partial charge on any atom is 0.0509 e. The molecule has 0 aromatic carbocycles. The highest BCUT2D eigenvalue weighted by Gasteiger charge is 2.29. The van der Waals surface area contributed by atoms with Gasteiger partial charge in [-0.15, -0.1) is 0 Å². The van der Waals surface area contributed by atoms with Gasteiger partial charge < -0.3 is 10.1 Å². The van der Waals surface area contributed by atoms with Gasteiger partial charge in [0.25, 0.3) is 0 Å². The Kier molecular flexibility index (Phi) is 1.44. The van der Waals surface area contributed by atoms with Gasteiger partial charge in [-0.05, 0) is 24.8 Å². The Morgan fingerprint density at radius 3 is 3.00 bits per heavy atom. The maximum absolute atomic E-state index is 5.34. The second-order valence-electron chi connectivity index (χ2n) is 3.04. The first-order chi connectivity index (χ1) is 4.47. The van der Waals surface area contributed by atoms with Crippen molar-refractivity contribution < 1.29 is 4.74 Å². The molecular formula is C7H13NO. The first-order valence-corrected chi connectivity index (χ1v) is 3.75. The van der Waals surface area contributed by atoms with Gasteiger partial charge in [0.2, 0.25) is 0 Å². The molecule has 2 aliphatic heterocycles. The monoisotopic (exact) mass is 127 g/mol. The standard InChI is InChI=1S/C7H13NO/c1-2-9-5-7-4-8-3-6(1)7/h6-8H,1-5H2/t6-,7-/m0/s1. The fourth-order valence-electron chi connectivity index (χ4n) is 1.79. The Balaban J connectivity index is 1.97. The largest absolute Gasteiger partial charge is 0.381 e. The highest BCUT2D eigenvalue weighted by atomic mass is 16.5. The molecule has 2 heteroatoms. The van der Waals surface area contributed by atoms with Gasteiger partial charge >= 0.3 is 0 Å². The van der Waals surface area contributed by atoms with Crippen LogP contribution in [0.25, 0.3) is 0 Å². The summed E-state index contributed by atoms with van der Waals surface area (Å²) in [4.78, 5) is 0. The van der Waals surface area contributed by atoms with Crippen LogP contribution in [0, 0.1) is 11.8 Å². The summed E-state index contributed by atoms with van der Waals surface area (Å²) in [6.45, 7) is 4.40. The number of hydrogen-bond donors (Lipinski definition) is 1. The number of fused-ring (bicyclic) bond motifs is 1. The summed E-state index contributed by atoms with van der Waals surface area (Å²) >= 11 is 0. The molecule has 0 radical (unpaired) electrons. The van der Waals surface area contributed by atoms with Crippen LogP contribution in [0.2, 0.25) is 0 Å². The van der Waals surface area contributed by atoms with Gasteiger partial charge in [-0.2, -0.15) is 0 Å². The van der Waals surface area contributed by atoms with Crippen molar-refractivity contribution >= 4 is 0 Å². The van der Waals surface area contributed by atoms with E-state index >= 15 is 0 Å². The molecule has 2 aliphatic rings. The fraction of sp³-hybridized carbons (Fsp3) is 1.00. The molecule has 0 amide bonds. The molecule has 0 spiro atoms. The third kappa shape index (κ3) is 0.970. The summed E-state index contributed by atoms with van der Waals surface area (Å²) in [6.07, 6.45) is 1.28. The predicted molar refractivity (Wildman–Crippen MR) is 35.3 cm³/mol. The van der Waals surface area contributed by atoms with Gasteiger partial charge in [0.05, 0.1) is 6.61 Å². The Morgan fingerprint density at radius 1 is 1.22 bits per heavy atom. The van der Waals surface area contributed by atoms with Crippen molar-refractivity contribution in [2.24, 2.45) is 11.8 Å². The molecule has 0 aromatic rings. The van der Waals surface area contributed by atoms with Crippen LogP contribution in [0.4, 0.5) is 0 Å². The summed E-state index contributed by atoms with van der Waals surface area (Å²) in [5.74, 6) is 1.76. The van der Waals surface area contributed by atoms with E-state index in [4.69, 9.17) is 4.74 Å². The Hall–Kier alpha value is -0.0800. The zero-order valence-electron chi connectivity index (χ0n) is 5.60. The Labute approximate surface area is 55.6 Å². The van der Waals surface area contributed by atoms with Gasteiger partial charge in [-0.25, -0.2) is 0 Å². The van der Waals surface area contributed by atoms with Gasteiger partial charge in [-0.3, -0.25) is 0 Å². The molecule has 2 atom stereocenters. The van der Waals surface area contributed by atoms with Crippen molar-refractivity contribution in [2.75, 3.05) is 26.3 Å². The molecule has 0 aromatic heterocycles. The van der Waals surface area contributed by atoms with Crippen molar-refractivity contribution in [3.05, 3.63) is 0 Å². The molecule has 0 saturated carbocycles. The number of hydrogen-bond acceptors (Lipinski definition) is 2. The fourth-order valence-corrected chi connectivity index (χ4v) is 1.79. The molecule has 2 rings (SSSR count). The first kappa shape index (κ1) is 5.69. The van der Waals surface area contributed by atoms with E-state index in [1.165, 1.54) is 19.5 Å². The highest BCUT2D eigenvalue weighted by Crippen LogP contribution is 2.24. The SMILES string of the molecule is C1C[C@H]2CNC[C@H]2CO1. The molecule has 2 saturated heterocycles. The van der Waals surface area contributed by atoms with E-state index in [1.807, 2.05) is 0 Å². The minimum atomic E-state index is 0.832. The molecule has 52 valence electrons. The van der Waals surface area contributed by atoms with E-state index in [2.05, 4.69) is 5.32 Å². The van der Waals surface area contributed by atoms with Crippen molar-refractivity contribution in [2.45, 2.75) is 6.42 Å². The quantitative estimate of drug-likeness (QED) is 0.503. The molecule has 1 N–H and O–H groups in total. The van der Waals surface area contributed by atoms with Crippen LogP contribution in [0.1, 0.15) is 6.42 Å². The topological polar surface area (TPSA) is 21.3 Å². The number of rotatable bonds is 0. The summed E-state index contributed by atoms with van der Waals surface area (Å²) in [7, 11) is 0. The van der Waals surface area contributed by atoms with E-state index in [0.717, 1.165) is 25.0 Å². The average Bonchev–Trinajstić information content (AvgIpc) is 2.33. The van der Waals surface area contributed by atoms with Crippen LogP contribution in [0.3, 0.4) is 0 Å². The molecule has 0 unspecified atom stereocenters. The first-order valence-electron chi connectivity index (χ1n) is 3.75. The van der Waals surface area contributed by atoms with E-state index in [1.54, 1.807) is 0 Å². The Bertz CT molecular complexity index is 93.1. The van der Waals surface area contributed by atoms with Crippen LogP contribution in [0.15, 0.2) is 0 Å². The molecular weight excluding hydrogens is 114 g/mol. The van der Waals surface area contributed by atoms with E-state index in [-0.39, 0.29) is 0 Å². The summed E-state index contributed by atoms with van der Waals surface area (Å²) in [6, 6.07) is 0. The summed E-state index contributed by atoms with van der Waals surface area (Å²) in [5, 5.41) is 3.38. The molecule has 0 aliphatic carbocycles. The van der Waals surface area contributed by atoms with Gasteiger partial charge in [0.1, 0.15) is 0 Å². The average molecular weight is 127 g/mol. The van der Waals surface area contributed by atoms with Crippen LogP contribution >= 0.6 is 0 Å². The van der Waals surface area contributed by atoms with Gasteiger partial charge in [0, 0.05) is 13.2 Å². The van der Waals surface area contributed by atoms with Crippen LogP contribution in [-0.2, 0) is 4.74 Å². The van der Waals surface area contributed by atoms with Crippen LogP contribution in [-0.4, -0.2) is 26.3 Å². The third-order valence-electron chi connectivity index (χ3n) is 2.44. The van der Waals surface area contributed by atoms with Crippen molar-refractivity contribution in [3.63, 3.8) is 0 Å². The maximum atomic E-state index is 5.34. The summed E-state index contributed by atoms with van der Waals surface area (Å²) < 4.78 is 5.34. The van der Waals surface area contributed by atoms with E-state index in [0.29, 0.717) is 0 Å². The lowest BCUT2D eigenvalue weighted by Gasteiger charge is -2.23. The molecule has 0 bridgehead atoms. The minimum Gasteiger partial charge on any atom is -0.381 e. The predicted octanol–water partition coefficient (Wildman–Crippen LogP) is 0.242. The highest BCUT2D eigenvalue weighted by molar-refractivity contribution is 4.82. The lowest BCUT2D eigenvalue weighted by Crippen LogP contribution is -2.25. The normalized spacial score (nSPS) is 42.7. The Morgan fingerprint density at radius 2 is 2.11 bits per heavy atom. The van der Waals surface area contributed by atoms with E-state index < -0.39 is 0 Å². The lowest BCUT2D eigenvalue weighted by atomic mass is 9.92. The molecule has 9 heavy (non-hydrogen) atoms. The van der Waals surface area contributed by atoms with Crippen LogP contribution < -0.4 is 5.32 Å². The van der Waals surface area contributed by atoms with Crippen molar-refractivity contribution in [3.8, 4) is 0 Å². The molecule has 2 nitrogen and oxygen atoms in total. The second kappa shape index (κ2) is 2.27. The van der Waals surface area contributed by atoms with Crippen LogP contribution in [0.5, 0.6) is 0 Å². The molecule has 2 fully saturated rings. The third-order valence-corrected chi connectivity index (χ3v) is 2.44.